The molecule has 0 bridgehead atoms. The van der Waals surface area contributed by atoms with Gasteiger partial charge in [-0.2, -0.15) is 0 Å². The van der Waals surface area contributed by atoms with Crippen LogP contribution in [0.25, 0.3) is 0 Å². The largest absolute Gasteiger partial charge is 0.394 e. The van der Waals surface area contributed by atoms with E-state index in [0.29, 0.717) is 5.02 Å². The lowest BCUT2D eigenvalue weighted by molar-refractivity contribution is -0.0138. The standard InChI is InChI=1S/C11H14ClNO2/c1-13-6-8(7-14)15-11(13)9-4-2-3-5-10(9)12/h2-5,8,11,14H,6-7H2,1H3. The van der Waals surface area contributed by atoms with E-state index in [1.807, 2.05) is 36.2 Å². The number of aliphatic hydroxyl groups excluding tert-OH is 1. The van der Waals surface area contributed by atoms with E-state index in [9.17, 15) is 0 Å². The molecule has 4 heteroatoms. The van der Waals surface area contributed by atoms with Crippen molar-refractivity contribution in [3.8, 4) is 0 Å². The second-order valence-electron chi connectivity index (χ2n) is 3.75. The first kappa shape index (κ1) is 10.9. The predicted molar refractivity (Wildman–Crippen MR) is 58.8 cm³/mol. The molecule has 0 spiro atoms. The number of nitrogens with zero attached hydrogens (tertiary/aromatic N) is 1. The fourth-order valence-corrected chi connectivity index (χ4v) is 2.06. The molecule has 1 saturated heterocycles. The topological polar surface area (TPSA) is 32.7 Å². The van der Waals surface area contributed by atoms with Gasteiger partial charge >= 0.3 is 0 Å². The van der Waals surface area contributed by atoms with Crippen LogP contribution in [0.5, 0.6) is 0 Å². The van der Waals surface area contributed by atoms with Crippen LogP contribution in [0.1, 0.15) is 11.8 Å². The molecule has 0 amide bonds. The first-order chi connectivity index (χ1) is 7.22. The summed E-state index contributed by atoms with van der Waals surface area (Å²) in [6, 6.07) is 7.62. The van der Waals surface area contributed by atoms with E-state index >= 15 is 0 Å². The van der Waals surface area contributed by atoms with Gasteiger partial charge in [0.2, 0.25) is 0 Å². The Labute approximate surface area is 94.2 Å². The molecule has 82 valence electrons. The third-order valence-corrected chi connectivity index (χ3v) is 2.93. The Bertz CT molecular complexity index is 345. The molecule has 0 radical (unpaired) electrons. The number of halogens is 1. The summed E-state index contributed by atoms with van der Waals surface area (Å²) >= 11 is 6.09. The van der Waals surface area contributed by atoms with Crippen molar-refractivity contribution in [3.05, 3.63) is 34.9 Å². The second kappa shape index (κ2) is 4.49. The van der Waals surface area contributed by atoms with Crippen molar-refractivity contribution >= 4 is 11.6 Å². The van der Waals surface area contributed by atoms with Crippen LogP contribution in [0.3, 0.4) is 0 Å². The van der Waals surface area contributed by atoms with E-state index in [1.165, 1.54) is 0 Å². The molecule has 1 aliphatic rings. The van der Waals surface area contributed by atoms with Gasteiger partial charge < -0.3 is 9.84 Å². The summed E-state index contributed by atoms with van der Waals surface area (Å²) in [5.74, 6) is 0. The molecule has 1 fully saturated rings. The van der Waals surface area contributed by atoms with Crippen LogP contribution in [0.15, 0.2) is 24.3 Å². The maximum absolute atomic E-state index is 9.03. The quantitative estimate of drug-likeness (QED) is 0.834. The van der Waals surface area contributed by atoms with E-state index in [4.69, 9.17) is 21.4 Å². The van der Waals surface area contributed by atoms with Crippen LogP contribution >= 0.6 is 11.6 Å². The highest BCUT2D eigenvalue weighted by molar-refractivity contribution is 6.31. The zero-order chi connectivity index (χ0) is 10.8. The summed E-state index contributed by atoms with van der Waals surface area (Å²) in [7, 11) is 1.96. The molecule has 2 rings (SSSR count). The molecule has 1 aromatic rings. The van der Waals surface area contributed by atoms with Gasteiger partial charge in [0, 0.05) is 17.1 Å². The summed E-state index contributed by atoms with van der Waals surface area (Å²) < 4.78 is 5.68. The van der Waals surface area contributed by atoms with Gasteiger partial charge in [-0.3, -0.25) is 4.90 Å². The van der Waals surface area contributed by atoms with E-state index in [1.54, 1.807) is 0 Å². The van der Waals surface area contributed by atoms with E-state index < -0.39 is 0 Å². The van der Waals surface area contributed by atoms with Crippen LogP contribution in [-0.2, 0) is 4.74 Å². The molecular weight excluding hydrogens is 214 g/mol. The number of ether oxygens (including phenoxy) is 1. The first-order valence-corrected chi connectivity index (χ1v) is 5.31. The molecule has 1 heterocycles. The Hall–Kier alpha value is -0.610. The van der Waals surface area contributed by atoms with Gasteiger partial charge in [0.25, 0.3) is 0 Å². The van der Waals surface area contributed by atoms with Crippen LogP contribution in [-0.4, -0.2) is 36.3 Å². The second-order valence-corrected chi connectivity index (χ2v) is 4.16. The van der Waals surface area contributed by atoms with Gasteiger partial charge in [-0.15, -0.1) is 0 Å². The van der Waals surface area contributed by atoms with Crippen LogP contribution < -0.4 is 0 Å². The van der Waals surface area contributed by atoms with Crippen molar-refractivity contribution in [1.82, 2.24) is 4.90 Å². The van der Waals surface area contributed by atoms with Crippen molar-refractivity contribution in [2.75, 3.05) is 20.2 Å². The summed E-state index contributed by atoms with van der Waals surface area (Å²) in [4.78, 5) is 2.04. The average molecular weight is 228 g/mol. The molecule has 0 aliphatic carbocycles. The molecule has 2 atom stereocenters. The minimum Gasteiger partial charge on any atom is -0.394 e. The normalized spacial score (nSPS) is 27.1. The lowest BCUT2D eigenvalue weighted by Gasteiger charge is -2.19. The van der Waals surface area contributed by atoms with Gasteiger partial charge in [-0.25, -0.2) is 0 Å². The minimum atomic E-state index is -0.143. The van der Waals surface area contributed by atoms with E-state index in [2.05, 4.69) is 0 Å². The molecule has 1 aromatic carbocycles. The molecule has 0 saturated carbocycles. The predicted octanol–water partition coefficient (Wildman–Crippen LogP) is 1.66. The molecule has 3 nitrogen and oxygen atoms in total. The minimum absolute atomic E-state index is 0.0469. The SMILES string of the molecule is CN1CC(CO)OC1c1ccccc1Cl. The van der Waals surface area contributed by atoms with Gasteiger partial charge in [0.1, 0.15) is 6.23 Å². The maximum atomic E-state index is 9.03. The van der Waals surface area contributed by atoms with E-state index in [0.717, 1.165) is 12.1 Å². The third-order valence-electron chi connectivity index (χ3n) is 2.59. The average Bonchev–Trinajstić information content (AvgIpc) is 2.60. The van der Waals surface area contributed by atoms with Crippen molar-refractivity contribution in [2.24, 2.45) is 0 Å². The Morgan fingerprint density at radius 2 is 2.27 bits per heavy atom. The van der Waals surface area contributed by atoms with Crippen LogP contribution in [0, 0.1) is 0 Å². The van der Waals surface area contributed by atoms with Crippen molar-refractivity contribution in [3.63, 3.8) is 0 Å². The molecule has 2 unspecified atom stereocenters. The smallest absolute Gasteiger partial charge is 0.138 e. The number of likely N-dealkylation sites (N-methyl/N-ethyl adjacent to an activating group) is 1. The summed E-state index contributed by atoms with van der Waals surface area (Å²) in [6.45, 7) is 0.775. The Balaban J connectivity index is 2.21. The highest BCUT2D eigenvalue weighted by atomic mass is 35.5. The van der Waals surface area contributed by atoms with Crippen LogP contribution in [0.2, 0.25) is 5.02 Å². The van der Waals surface area contributed by atoms with Crippen molar-refractivity contribution in [1.29, 1.82) is 0 Å². The molecule has 1 aliphatic heterocycles. The summed E-state index contributed by atoms with van der Waals surface area (Å²) in [5, 5.41) is 9.73. The van der Waals surface area contributed by atoms with Gasteiger partial charge in [0.05, 0.1) is 12.7 Å². The third kappa shape index (κ3) is 2.16. The lowest BCUT2D eigenvalue weighted by Crippen LogP contribution is -2.20. The number of rotatable bonds is 2. The highest BCUT2D eigenvalue weighted by Crippen LogP contribution is 2.32. The number of aliphatic hydroxyl groups is 1. The molecule has 0 aromatic heterocycles. The van der Waals surface area contributed by atoms with Gasteiger partial charge in [0.15, 0.2) is 0 Å². The first-order valence-electron chi connectivity index (χ1n) is 4.93. The number of hydrogen-bond donors (Lipinski definition) is 1. The fourth-order valence-electron chi connectivity index (χ4n) is 1.83. The monoisotopic (exact) mass is 227 g/mol. The molecule has 1 N–H and O–H groups in total. The fraction of sp³-hybridized carbons (Fsp3) is 0.455. The lowest BCUT2D eigenvalue weighted by atomic mass is 10.2. The van der Waals surface area contributed by atoms with Gasteiger partial charge in [-0.05, 0) is 13.1 Å². The van der Waals surface area contributed by atoms with Crippen molar-refractivity contribution in [2.45, 2.75) is 12.3 Å². The zero-order valence-corrected chi connectivity index (χ0v) is 9.31. The van der Waals surface area contributed by atoms with E-state index in [-0.39, 0.29) is 18.9 Å². The maximum Gasteiger partial charge on any atom is 0.138 e. The van der Waals surface area contributed by atoms with Crippen LogP contribution in [0.4, 0.5) is 0 Å². The Morgan fingerprint density at radius 1 is 1.53 bits per heavy atom. The number of benzene rings is 1. The molecule has 15 heavy (non-hydrogen) atoms. The summed E-state index contributed by atoms with van der Waals surface area (Å²) in [6.07, 6.45) is -0.257. The summed E-state index contributed by atoms with van der Waals surface area (Å²) in [5.41, 5.74) is 0.956. The molecular formula is C11H14ClNO2. The highest BCUT2D eigenvalue weighted by Gasteiger charge is 2.31. The Morgan fingerprint density at radius 3 is 2.87 bits per heavy atom. The number of hydrogen-bond acceptors (Lipinski definition) is 3. The Kier molecular flexibility index (Phi) is 3.26. The van der Waals surface area contributed by atoms with Crippen molar-refractivity contribution < 1.29 is 9.84 Å². The zero-order valence-electron chi connectivity index (χ0n) is 8.56. The van der Waals surface area contributed by atoms with Gasteiger partial charge in [-0.1, -0.05) is 29.8 Å².